The number of hydrazine groups is 1. The topological polar surface area (TPSA) is 67.1 Å². The van der Waals surface area contributed by atoms with Crippen LogP contribution in [0.1, 0.15) is 17.3 Å². The number of hydrogen-bond donors (Lipinski definition) is 3. The quantitative estimate of drug-likeness (QED) is 0.584. The number of halogens is 2. The van der Waals surface area contributed by atoms with Crippen LogP contribution in [0.3, 0.4) is 0 Å². The van der Waals surface area contributed by atoms with E-state index in [0.717, 1.165) is 0 Å². The van der Waals surface area contributed by atoms with Gasteiger partial charge in [-0.15, -0.1) is 0 Å². The summed E-state index contributed by atoms with van der Waals surface area (Å²) < 4.78 is 1.34. The molecule has 0 radical (unpaired) electrons. The first-order valence-electron chi connectivity index (χ1n) is 4.34. The highest BCUT2D eigenvalue weighted by Gasteiger charge is 2.13. The Morgan fingerprint density at radius 3 is 2.67 bits per heavy atom. The van der Waals surface area contributed by atoms with Crippen molar-refractivity contribution >= 4 is 43.5 Å². The lowest BCUT2D eigenvalue weighted by atomic mass is 10.2. The maximum Gasteiger partial charge on any atom is 0.266 e. The van der Waals surface area contributed by atoms with Gasteiger partial charge >= 0.3 is 0 Å². The van der Waals surface area contributed by atoms with Gasteiger partial charge in [0.05, 0.1) is 10.0 Å². The molecule has 15 heavy (non-hydrogen) atoms. The molecule has 0 spiro atoms. The van der Waals surface area contributed by atoms with Gasteiger partial charge in [0.15, 0.2) is 0 Å². The Kier molecular flexibility index (Phi) is 4.56. The largest absolute Gasteiger partial charge is 0.398 e. The molecule has 0 heterocycles. The molecule has 0 aliphatic heterocycles. The van der Waals surface area contributed by atoms with Crippen molar-refractivity contribution in [1.82, 2.24) is 10.9 Å². The number of carbonyl (C=O) groups is 1. The van der Waals surface area contributed by atoms with E-state index < -0.39 is 0 Å². The highest BCUT2D eigenvalue weighted by atomic mass is 79.9. The van der Waals surface area contributed by atoms with Crippen molar-refractivity contribution < 1.29 is 4.79 Å². The molecule has 1 rings (SSSR count). The van der Waals surface area contributed by atoms with Gasteiger partial charge in [0.2, 0.25) is 0 Å². The number of nitrogens with two attached hydrogens (primary N) is 1. The number of nitrogen functional groups attached to an aromatic ring is 1. The smallest absolute Gasteiger partial charge is 0.266 e. The Hall–Kier alpha value is -0.590. The van der Waals surface area contributed by atoms with Crippen molar-refractivity contribution in [3.8, 4) is 0 Å². The van der Waals surface area contributed by atoms with Crippen molar-refractivity contribution in [1.29, 1.82) is 0 Å². The molecule has 1 aromatic carbocycles. The first kappa shape index (κ1) is 12.5. The average molecular weight is 337 g/mol. The fourth-order valence-electron chi connectivity index (χ4n) is 0.976. The minimum absolute atomic E-state index is 0.204. The fraction of sp³-hybridized carbons (Fsp3) is 0.222. The molecule has 0 saturated heterocycles. The molecule has 0 aliphatic carbocycles. The third kappa shape index (κ3) is 2.93. The lowest BCUT2D eigenvalue weighted by molar-refractivity contribution is 0.0933. The zero-order valence-corrected chi connectivity index (χ0v) is 11.3. The summed E-state index contributed by atoms with van der Waals surface area (Å²) in [5.74, 6) is -0.204. The van der Waals surface area contributed by atoms with Gasteiger partial charge in [-0.1, -0.05) is 6.92 Å². The van der Waals surface area contributed by atoms with Crippen LogP contribution >= 0.6 is 31.9 Å². The minimum atomic E-state index is -0.204. The summed E-state index contributed by atoms with van der Waals surface area (Å²) in [6, 6.07) is 3.34. The van der Waals surface area contributed by atoms with Gasteiger partial charge in [-0.3, -0.25) is 10.2 Å². The van der Waals surface area contributed by atoms with E-state index in [2.05, 4.69) is 42.7 Å². The third-order valence-electron chi connectivity index (χ3n) is 1.74. The predicted octanol–water partition coefficient (Wildman–Crippen LogP) is 2.05. The van der Waals surface area contributed by atoms with Gasteiger partial charge in [-0.2, -0.15) is 0 Å². The molecule has 82 valence electrons. The van der Waals surface area contributed by atoms with Gasteiger partial charge in [0.25, 0.3) is 5.91 Å². The van der Waals surface area contributed by atoms with Crippen LogP contribution in [0, 0.1) is 0 Å². The highest BCUT2D eigenvalue weighted by Crippen LogP contribution is 2.31. The number of hydrogen-bond acceptors (Lipinski definition) is 3. The van der Waals surface area contributed by atoms with Crippen LogP contribution in [0.5, 0.6) is 0 Å². The summed E-state index contributed by atoms with van der Waals surface area (Å²) in [5.41, 5.74) is 12.1. The molecule has 1 amide bonds. The van der Waals surface area contributed by atoms with Crippen LogP contribution in [-0.2, 0) is 0 Å². The summed E-state index contributed by atoms with van der Waals surface area (Å²) in [4.78, 5) is 11.6. The van der Waals surface area contributed by atoms with E-state index in [-0.39, 0.29) is 5.91 Å². The Labute approximate surface area is 105 Å². The zero-order chi connectivity index (χ0) is 11.4. The van der Waals surface area contributed by atoms with Crippen LogP contribution in [0.25, 0.3) is 0 Å². The minimum Gasteiger partial charge on any atom is -0.398 e. The highest BCUT2D eigenvalue weighted by molar-refractivity contribution is 9.13. The summed E-state index contributed by atoms with van der Waals surface area (Å²) in [6.45, 7) is 2.56. The zero-order valence-electron chi connectivity index (χ0n) is 8.10. The molecule has 6 heteroatoms. The number of rotatable bonds is 3. The second kappa shape index (κ2) is 5.48. The van der Waals surface area contributed by atoms with Gasteiger partial charge in [-0.25, -0.2) is 5.43 Å². The molecule has 0 aromatic heterocycles. The maximum atomic E-state index is 11.6. The number of nitrogens with one attached hydrogen (secondary N) is 2. The molecular weight excluding hydrogens is 326 g/mol. The van der Waals surface area contributed by atoms with E-state index in [9.17, 15) is 4.79 Å². The van der Waals surface area contributed by atoms with Crippen molar-refractivity contribution in [2.24, 2.45) is 0 Å². The molecule has 0 atom stereocenters. The number of anilines is 1. The predicted molar refractivity (Wildman–Crippen MR) is 67.4 cm³/mol. The van der Waals surface area contributed by atoms with E-state index in [1.165, 1.54) is 0 Å². The summed E-state index contributed by atoms with van der Waals surface area (Å²) in [7, 11) is 0. The van der Waals surface area contributed by atoms with E-state index >= 15 is 0 Å². The molecule has 0 saturated carbocycles. The van der Waals surface area contributed by atoms with Gasteiger partial charge in [-0.05, 0) is 44.0 Å². The summed E-state index contributed by atoms with van der Waals surface area (Å²) in [6.07, 6.45) is 0. The van der Waals surface area contributed by atoms with Crippen molar-refractivity contribution in [3.63, 3.8) is 0 Å². The third-order valence-corrected chi connectivity index (χ3v) is 3.95. The lowest BCUT2D eigenvalue weighted by Crippen LogP contribution is -2.37. The molecule has 0 aliphatic rings. The number of carbonyl (C=O) groups excluding carboxylic acids is 1. The Balaban J connectivity index is 2.95. The first-order chi connectivity index (χ1) is 7.07. The van der Waals surface area contributed by atoms with Crippen molar-refractivity contribution in [2.45, 2.75) is 6.92 Å². The fourth-order valence-corrected chi connectivity index (χ4v) is 1.86. The second-order valence-electron chi connectivity index (χ2n) is 2.81. The van der Waals surface area contributed by atoms with E-state index in [0.29, 0.717) is 26.7 Å². The number of amides is 1. The molecule has 1 aromatic rings. The second-order valence-corrected chi connectivity index (χ2v) is 4.40. The van der Waals surface area contributed by atoms with Crippen LogP contribution in [0.2, 0.25) is 0 Å². The van der Waals surface area contributed by atoms with Crippen LogP contribution < -0.4 is 16.6 Å². The van der Waals surface area contributed by atoms with E-state index in [1.54, 1.807) is 12.1 Å². The average Bonchev–Trinajstić information content (AvgIpc) is 2.23. The Morgan fingerprint density at radius 1 is 1.40 bits per heavy atom. The van der Waals surface area contributed by atoms with Gasteiger partial charge < -0.3 is 5.73 Å². The lowest BCUT2D eigenvalue weighted by Gasteiger charge is -2.09. The monoisotopic (exact) mass is 335 g/mol. The Morgan fingerprint density at radius 2 is 2.07 bits per heavy atom. The van der Waals surface area contributed by atoms with Gasteiger partial charge in [0.1, 0.15) is 0 Å². The van der Waals surface area contributed by atoms with E-state index in [4.69, 9.17) is 5.73 Å². The molecule has 4 N–H and O–H groups in total. The van der Waals surface area contributed by atoms with Crippen LogP contribution in [0.4, 0.5) is 5.69 Å². The van der Waals surface area contributed by atoms with Crippen LogP contribution in [-0.4, -0.2) is 12.5 Å². The molecule has 0 bridgehead atoms. The standard InChI is InChI=1S/C9H11Br2N3O/c1-2-13-14-9(15)5-3-4-6(12)8(11)7(5)10/h3-4,13H,2,12H2,1H3,(H,14,15). The molecule has 4 nitrogen and oxygen atoms in total. The maximum absolute atomic E-state index is 11.6. The van der Waals surface area contributed by atoms with Crippen LogP contribution in [0.15, 0.2) is 21.1 Å². The van der Waals surface area contributed by atoms with Crippen molar-refractivity contribution in [3.05, 3.63) is 26.6 Å². The Bertz CT molecular complexity index is 382. The van der Waals surface area contributed by atoms with Crippen molar-refractivity contribution in [2.75, 3.05) is 12.3 Å². The first-order valence-corrected chi connectivity index (χ1v) is 5.93. The number of benzene rings is 1. The summed E-state index contributed by atoms with van der Waals surface area (Å²) in [5, 5.41) is 0. The molecule has 0 fully saturated rings. The molecule has 0 unspecified atom stereocenters. The normalized spacial score (nSPS) is 10.1. The summed E-state index contributed by atoms with van der Waals surface area (Å²) >= 11 is 6.60. The SMILES string of the molecule is CCNNC(=O)c1ccc(N)c(Br)c1Br. The molecular formula is C9H11Br2N3O. The van der Waals surface area contributed by atoms with E-state index in [1.807, 2.05) is 6.92 Å². The van der Waals surface area contributed by atoms with Gasteiger partial charge in [0, 0.05) is 16.7 Å².